The predicted octanol–water partition coefficient (Wildman–Crippen LogP) is 4.06. The van der Waals surface area contributed by atoms with Crippen molar-refractivity contribution < 1.29 is 31.3 Å². The molecule has 4 aromatic carbocycles. The average Bonchev–Trinajstić information content (AvgIpc) is 3.01. The molecule has 3 aliphatic heterocycles. The zero-order valence-corrected chi connectivity index (χ0v) is 24.1. The maximum Gasteiger partial charge on any atom is 0.121 e. The van der Waals surface area contributed by atoms with Crippen LogP contribution in [0.1, 0.15) is 36.8 Å². The predicted molar refractivity (Wildman–Crippen MR) is 154 cm³/mol. The number of hydrogen-bond acceptors (Lipinski definition) is 2. The number of nitrogens with zero attached hydrogens (tertiary/aromatic N) is 1. The van der Waals surface area contributed by atoms with Crippen LogP contribution in [0.3, 0.4) is 0 Å². The van der Waals surface area contributed by atoms with E-state index < -0.39 is 5.60 Å². The van der Waals surface area contributed by atoms with Gasteiger partial charge >= 0.3 is 0 Å². The number of benzene rings is 4. The van der Waals surface area contributed by atoms with E-state index in [1.807, 2.05) is 18.2 Å². The fourth-order valence-electron chi connectivity index (χ4n) is 7.07. The summed E-state index contributed by atoms with van der Waals surface area (Å²) in [5.74, 6) is 0.943. The molecule has 3 heterocycles. The Hall–Kier alpha value is -2.92. The van der Waals surface area contributed by atoms with E-state index in [1.54, 1.807) is 0 Å². The van der Waals surface area contributed by atoms with Gasteiger partial charge in [0.15, 0.2) is 0 Å². The molecule has 0 saturated carbocycles. The van der Waals surface area contributed by atoms with Crippen LogP contribution in [0.5, 0.6) is 5.75 Å². The molecule has 0 radical (unpaired) electrons. The van der Waals surface area contributed by atoms with Crippen LogP contribution in [0.4, 0.5) is 0 Å². The number of hydrogen-bond donors (Lipinski definition) is 1. The topological polar surface area (TPSA) is 29.5 Å². The third-order valence-electron chi connectivity index (χ3n) is 9.33. The molecule has 3 fully saturated rings. The van der Waals surface area contributed by atoms with Gasteiger partial charge in [-0.05, 0) is 34.4 Å². The Morgan fingerprint density at radius 2 is 1.18 bits per heavy atom. The van der Waals surface area contributed by atoms with Gasteiger partial charge in [-0.1, -0.05) is 103 Å². The summed E-state index contributed by atoms with van der Waals surface area (Å²) < 4.78 is 7.36. The van der Waals surface area contributed by atoms with Crippen LogP contribution in [0, 0.1) is 5.41 Å². The van der Waals surface area contributed by atoms with Crippen LogP contribution in [0.25, 0.3) is 11.1 Å². The smallest absolute Gasteiger partial charge is 0.121 e. The molecule has 3 aliphatic rings. The Kier molecular flexibility index (Phi) is 8.27. The Bertz CT molecular complexity index is 1280. The van der Waals surface area contributed by atoms with E-state index in [0.717, 1.165) is 79.8 Å². The first-order valence-corrected chi connectivity index (χ1v) is 14.1. The molecule has 2 bridgehead atoms. The van der Waals surface area contributed by atoms with Gasteiger partial charge in [0.2, 0.25) is 0 Å². The lowest BCUT2D eigenvalue weighted by Crippen LogP contribution is -3.00. The molecule has 0 aromatic heterocycles. The monoisotopic (exact) mass is 583 g/mol. The quantitative estimate of drug-likeness (QED) is 0.238. The van der Waals surface area contributed by atoms with E-state index in [1.165, 1.54) is 11.1 Å². The second-order valence-corrected chi connectivity index (χ2v) is 11.3. The van der Waals surface area contributed by atoms with Crippen molar-refractivity contribution in [2.45, 2.75) is 31.3 Å². The number of fused-ring (bicyclic) bond motifs is 3. The molecule has 7 rings (SSSR count). The van der Waals surface area contributed by atoms with Crippen LogP contribution in [-0.2, 0) is 5.60 Å². The standard InChI is InChI=1S/C35H38NO2.BrH/c37-35(31-15-6-2-7-16-31,32-17-8-3-9-18-32)34-20-24-36(25-21-34,26-22-34)23-11-27-38-33-19-10-14-30(28-33)29-12-4-1-5-13-29;/h1-10,12-19,28,37H,11,20-27H2;1H/q+1;/p-1. The number of ether oxygens (including phenoxy) is 1. The Morgan fingerprint density at radius 3 is 1.74 bits per heavy atom. The van der Waals surface area contributed by atoms with Crippen LogP contribution in [0.2, 0.25) is 0 Å². The maximum absolute atomic E-state index is 12.6. The normalized spacial score (nSPS) is 22.2. The largest absolute Gasteiger partial charge is 1.00 e. The summed E-state index contributed by atoms with van der Waals surface area (Å²) in [4.78, 5) is 0. The van der Waals surface area contributed by atoms with E-state index in [2.05, 4.69) is 97.1 Å². The van der Waals surface area contributed by atoms with Crippen molar-refractivity contribution in [2.24, 2.45) is 5.41 Å². The fourth-order valence-corrected chi connectivity index (χ4v) is 7.07. The molecule has 202 valence electrons. The number of aliphatic hydroxyl groups is 1. The zero-order valence-electron chi connectivity index (χ0n) is 22.5. The van der Waals surface area contributed by atoms with Gasteiger partial charge in [-0.25, -0.2) is 0 Å². The summed E-state index contributed by atoms with van der Waals surface area (Å²) in [7, 11) is 0. The summed E-state index contributed by atoms with van der Waals surface area (Å²) in [6.45, 7) is 5.27. The molecule has 1 N–H and O–H groups in total. The number of quaternary nitrogens is 1. The van der Waals surface area contributed by atoms with Gasteiger partial charge in [0.05, 0.1) is 32.8 Å². The minimum absolute atomic E-state index is 0. The highest BCUT2D eigenvalue weighted by atomic mass is 79.9. The Morgan fingerprint density at radius 1 is 0.667 bits per heavy atom. The summed E-state index contributed by atoms with van der Waals surface area (Å²) in [6.07, 6.45) is 4.19. The van der Waals surface area contributed by atoms with Crippen molar-refractivity contribution in [1.82, 2.24) is 0 Å². The second kappa shape index (κ2) is 11.7. The van der Waals surface area contributed by atoms with Gasteiger partial charge in [-0.15, -0.1) is 0 Å². The summed E-state index contributed by atoms with van der Waals surface area (Å²) >= 11 is 0. The average molecular weight is 585 g/mol. The molecule has 0 spiro atoms. The van der Waals surface area contributed by atoms with E-state index in [-0.39, 0.29) is 22.4 Å². The first-order valence-electron chi connectivity index (χ1n) is 14.1. The lowest BCUT2D eigenvalue weighted by Gasteiger charge is -2.60. The van der Waals surface area contributed by atoms with Crippen molar-refractivity contribution in [3.63, 3.8) is 0 Å². The van der Waals surface area contributed by atoms with Crippen molar-refractivity contribution >= 4 is 0 Å². The summed E-state index contributed by atoms with van der Waals surface area (Å²) in [6, 6.07) is 39.6. The van der Waals surface area contributed by atoms with Crippen molar-refractivity contribution in [3.05, 3.63) is 126 Å². The van der Waals surface area contributed by atoms with Gasteiger partial charge in [0, 0.05) is 31.1 Å². The fraction of sp³-hybridized carbons (Fsp3) is 0.314. The van der Waals surface area contributed by atoms with Gasteiger partial charge in [0.25, 0.3) is 0 Å². The number of halogens is 1. The van der Waals surface area contributed by atoms with Crippen LogP contribution in [0.15, 0.2) is 115 Å². The van der Waals surface area contributed by atoms with E-state index in [4.69, 9.17) is 4.74 Å². The third-order valence-corrected chi connectivity index (χ3v) is 9.33. The van der Waals surface area contributed by atoms with E-state index in [9.17, 15) is 5.11 Å². The Labute approximate surface area is 243 Å². The van der Waals surface area contributed by atoms with E-state index >= 15 is 0 Å². The molecule has 0 aliphatic carbocycles. The molecule has 0 atom stereocenters. The van der Waals surface area contributed by atoms with Crippen LogP contribution >= 0.6 is 0 Å². The minimum Gasteiger partial charge on any atom is -1.00 e. The molecule has 39 heavy (non-hydrogen) atoms. The van der Waals surface area contributed by atoms with E-state index in [0.29, 0.717) is 0 Å². The SMILES string of the molecule is OC(c1ccccc1)(c1ccccc1)C12CC[N+](CCCOc3cccc(-c4ccccc4)c3)(CC1)CC2.[Br-]. The third kappa shape index (κ3) is 5.30. The zero-order chi connectivity index (χ0) is 25.9. The number of piperidine rings is 3. The molecule has 0 unspecified atom stereocenters. The highest BCUT2D eigenvalue weighted by molar-refractivity contribution is 5.64. The summed E-state index contributed by atoms with van der Waals surface area (Å²) in [5.41, 5.74) is 3.38. The molecular weight excluding hydrogens is 546 g/mol. The van der Waals surface area contributed by atoms with Gasteiger partial charge in [-0.2, -0.15) is 0 Å². The lowest BCUT2D eigenvalue weighted by atomic mass is 9.56. The highest BCUT2D eigenvalue weighted by Crippen LogP contribution is 2.57. The highest BCUT2D eigenvalue weighted by Gasteiger charge is 2.60. The van der Waals surface area contributed by atoms with Gasteiger partial charge < -0.3 is 31.3 Å². The van der Waals surface area contributed by atoms with Crippen molar-refractivity contribution in [2.75, 3.05) is 32.8 Å². The molecule has 4 heteroatoms. The minimum atomic E-state index is -0.959. The second-order valence-electron chi connectivity index (χ2n) is 11.3. The Balaban J connectivity index is 0.00000308. The summed E-state index contributed by atoms with van der Waals surface area (Å²) in [5, 5.41) is 12.6. The van der Waals surface area contributed by atoms with Gasteiger partial charge in [-0.3, -0.25) is 0 Å². The van der Waals surface area contributed by atoms with Gasteiger partial charge in [0.1, 0.15) is 11.4 Å². The number of rotatable bonds is 9. The van der Waals surface area contributed by atoms with Crippen molar-refractivity contribution in [1.29, 1.82) is 0 Å². The maximum atomic E-state index is 12.6. The molecule has 4 aromatic rings. The molecular formula is C35H38BrNO2. The lowest BCUT2D eigenvalue weighted by molar-refractivity contribution is -0.946. The van der Waals surface area contributed by atoms with Crippen molar-refractivity contribution in [3.8, 4) is 16.9 Å². The first kappa shape index (κ1) is 27.6. The molecule has 3 nitrogen and oxygen atoms in total. The first-order chi connectivity index (χ1) is 18.6. The molecule has 3 saturated heterocycles. The molecule has 0 amide bonds. The van der Waals surface area contributed by atoms with Crippen LogP contribution in [-0.4, -0.2) is 42.4 Å². The van der Waals surface area contributed by atoms with Crippen LogP contribution < -0.4 is 21.7 Å².